The van der Waals surface area contributed by atoms with Gasteiger partial charge < -0.3 is 25.3 Å². The Morgan fingerprint density at radius 2 is 1.49 bits per heavy atom. The van der Waals surface area contributed by atoms with Gasteiger partial charge in [0.1, 0.15) is 18.4 Å². The number of hydrogen-bond acceptors (Lipinski definition) is 6. The van der Waals surface area contributed by atoms with Gasteiger partial charge >= 0.3 is 5.97 Å². The molecule has 0 aliphatic carbocycles. The van der Waals surface area contributed by atoms with Crippen molar-refractivity contribution in [3.63, 3.8) is 0 Å². The second-order valence-electron chi connectivity index (χ2n) is 8.44. The van der Waals surface area contributed by atoms with Gasteiger partial charge in [-0.2, -0.15) is 0 Å². The summed E-state index contributed by atoms with van der Waals surface area (Å²) in [6, 6.07) is 17.1. The number of aliphatic hydroxyl groups is 1. The molecule has 0 bridgehead atoms. The third kappa shape index (κ3) is 13.5. The Bertz CT molecular complexity index is 1010. The van der Waals surface area contributed by atoms with E-state index in [0.29, 0.717) is 12.7 Å². The molecule has 0 aliphatic heterocycles. The minimum Gasteiger partial charge on any atom is -0.467 e. The number of methoxy groups -OCH3 is 1. The summed E-state index contributed by atoms with van der Waals surface area (Å²) in [5.41, 5.74) is 2.12. The van der Waals surface area contributed by atoms with Crippen molar-refractivity contribution in [2.75, 3.05) is 7.11 Å². The molecule has 0 saturated carbocycles. The highest BCUT2D eigenvalue weighted by Crippen LogP contribution is 2.12. The number of rotatable bonds is 12. The molecule has 2 aromatic rings. The zero-order chi connectivity index (χ0) is 29.6. The van der Waals surface area contributed by atoms with Gasteiger partial charge in [-0.15, -0.1) is 0 Å². The Morgan fingerprint density at radius 1 is 0.949 bits per heavy atom. The number of esters is 1. The number of nitrogens with one attached hydrogen (secondary N) is 2. The van der Waals surface area contributed by atoms with Gasteiger partial charge in [0, 0.05) is 18.4 Å². The maximum atomic E-state index is 12.9. The van der Waals surface area contributed by atoms with Gasteiger partial charge in [0.25, 0.3) is 0 Å². The van der Waals surface area contributed by atoms with Gasteiger partial charge in [-0.25, -0.2) is 4.79 Å². The lowest BCUT2D eigenvalue weighted by Crippen LogP contribution is -2.55. The molecule has 2 aromatic carbocycles. The van der Waals surface area contributed by atoms with Crippen LogP contribution in [0, 0.1) is 5.92 Å². The van der Waals surface area contributed by atoms with Crippen molar-refractivity contribution >= 4 is 24.1 Å². The average Bonchev–Trinajstić information content (AvgIpc) is 2.99. The highest BCUT2D eigenvalue weighted by molar-refractivity contribution is 5.99. The first-order valence-electron chi connectivity index (χ1n) is 13.3. The monoisotopic (exact) mass is 540 g/mol. The van der Waals surface area contributed by atoms with Crippen molar-refractivity contribution in [1.82, 2.24) is 10.6 Å². The average molecular weight is 541 g/mol. The molecule has 3 atom stereocenters. The van der Waals surface area contributed by atoms with E-state index in [-0.39, 0.29) is 30.9 Å². The van der Waals surface area contributed by atoms with E-state index in [4.69, 9.17) is 9.84 Å². The standard InChI is InChI=1S/C22H30N2O5.C7H8O.C2H6/c1-5-15(3)19(24-20(26)17(6-2)12-13-25)21(27)23-18(22(28)29-4)14-16-10-8-7-9-11-16;8-6-7-4-2-1-3-5-7;1-2/h6-11,13,15,18-19H,5,12,14H2,1-4H3,(H,23,27)(H,24,26);1-5,8H,6H2;1-2H3/b17-6+;;. The molecule has 0 heterocycles. The van der Waals surface area contributed by atoms with E-state index in [1.165, 1.54) is 7.11 Å². The number of carbonyl (C=O) groups excluding carboxylic acids is 4. The molecular formula is C31H44N2O6. The fourth-order valence-electron chi connectivity index (χ4n) is 3.40. The zero-order valence-electron chi connectivity index (χ0n) is 24.0. The van der Waals surface area contributed by atoms with E-state index >= 15 is 0 Å². The highest BCUT2D eigenvalue weighted by atomic mass is 16.5. The summed E-state index contributed by atoms with van der Waals surface area (Å²) in [6.07, 6.45) is 3.06. The van der Waals surface area contributed by atoms with Crippen LogP contribution in [0.15, 0.2) is 72.3 Å². The Kier molecular flexibility index (Phi) is 19.1. The molecular weight excluding hydrogens is 496 g/mol. The second-order valence-corrected chi connectivity index (χ2v) is 8.44. The molecule has 39 heavy (non-hydrogen) atoms. The number of allylic oxidation sites excluding steroid dienone is 1. The lowest BCUT2D eigenvalue weighted by atomic mass is 9.96. The normalized spacial score (nSPS) is 12.6. The van der Waals surface area contributed by atoms with Gasteiger partial charge in [0.15, 0.2) is 0 Å². The third-order valence-electron chi connectivity index (χ3n) is 5.84. The number of aliphatic hydroxyl groups excluding tert-OH is 1. The zero-order valence-corrected chi connectivity index (χ0v) is 24.0. The third-order valence-corrected chi connectivity index (χ3v) is 5.84. The molecule has 8 nitrogen and oxygen atoms in total. The fourth-order valence-corrected chi connectivity index (χ4v) is 3.40. The van der Waals surface area contributed by atoms with Crippen LogP contribution in [-0.2, 0) is 36.9 Å². The minimum absolute atomic E-state index is 0.0318. The smallest absolute Gasteiger partial charge is 0.328 e. The molecule has 0 aromatic heterocycles. The second kappa shape index (κ2) is 21.2. The molecule has 0 spiro atoms. The lowest BCUT2D eigenvalue weighted by Gasteiger charge is -2.26. The molecule has 3 N–H and O–H groups in total. The minimum atomic E-state index is -0.880. The maximum absolute atomic E-state index is 12.9. The summed E-state index contributed by atoms with van der Waals surface area (Å²) in [5, 5.41) is 13.9. The van der Waals surface area contributed by atoms with Gasteiger partial charge in [-0.3, -0.25) is 9.59 Å². The van der Waals surface area contributed by atoms with Gasteiger partial charge in [-0.05, 0) is 24.0 Å². The van der Waals surface area contributed by atoms with Crippen molar-refractivity contribution < 1.29 is 29.0 Å². The number of hydrogen-bond donors (Lipinski definition) is 3. The van der Waals surface area contributed by atoms with Gasteiger partial charge in [0.2, 0.25) is 11.8 Å². The fraction of sp³-hybridized carbons (Fsp3) is 0.419. The topological polar surface area (TPSA) is 122 Å². The summed E-state index contributed by atoms with van der Waals surface area (Å²) in [6.45, 7) is 9.54. The van der Waals surface area contributed by atoms with Crippen molar-refractivity contribution in [3.05, 3.63) is 83.4 Å². The lowest BCUT2D eigenvalue weighted by molar-refractivity contribution is -0.145. The summed E-state index contributed by atoms with van der Waals surface area (Å²) in [4.78, 5) is 48.4. The summed E-state index contributed by atoms with van der Waals surface area (Å²) >= 11 is 0. The molecule has 2 amide bonds. The van der Waals surface area contributed by atoms with Crippen LogP contribution in [0.3, 0.4) is 0 Å². The maximum Gasteiger partial charge on any atom is 0.328 e. The SMILES string of the molecule is C/C=C(\CC=O)C(=O)NC(C(=O)NC(Cc1ccccc1)C(=O)OC)C(C)CC.CC.OCc1ccccc1. The van der Waals surface area contributed by atoms with Crippen LogP contribution in [0.5, 0.6) is 0 Å². The first-order chi connectivity index (χ1) is 18.8. The number of ether oxygens (including phenoxy) is 1. The predicted molar refractivity (Wildman–Crippen MR) is 154 cm³/mol. The first-order valence-corrected chi connectivity index (χ1v) is 13.3. The van der Waals surface area contributed by atoms with Crippen molar-refractivity contribution in [2.45, 2.75) is 72.6 Å². The molecule has 214 valence electrons. The van der Waals surface area contributed by atoms with E-state index in [0.717, 1.165) is 11.1 Å². The summed E-state index contributed by atoms with van der Waals surface area (Å²) < 4.78 is 4.83. The molecule has 0 saturated heterocycles. The van der Waals surface area contributed by atoms with Crippen molar-refractivity contribution in [1.29, 1.82) is 0 Å². The Hall–Kier alpha value is -3.78. The highest BCUT2D eigenvalue weighted by Gasteiger charge is 2.30. The van der Waals surface area contributed by atoms with E-state index in [1.807, 2.05) is 88.4 Å². The van der Waals surface area contributed by atoms with Gasteiger partial charge in [0.05, 0.1) is 13.7 Å². The molecule has 0 aliphatic rings. The van der Waals surface area contributed by atoms with E-state index in [1.54, 1.807) is 13.0 Å². The largest absolute Gasteiger partial charge is 0.467 e. The molecule has 8 heteroatoms. The summed E-state index contributed by atoms with van der Waals surface area (Å²) in [5.74, 6) is -1.69. The van der Waals surface area contributed by atoms with E-state index in [9.17, 15) is 19.2 Å². The van der Waals surface area contributed by atoms with Crippen LogP contribution in [0.25, 0.3) is 0 Å². The Labute approximate surface area is 232 Å². The summed E-state index contributed by atoms with van der Waals surface area (Å²) in [7, 11) is 1.26. The quantitative estimate of drug-likeness (QED) is 0.211. The molecule has 2 rings (SSSR count). The van der Waals surface area contributed by atoms with Crippen LogP contribution in [0.1, 0.15) is 58.6 Å². The molecule has 3 unspecified atom stereocenters. The van der Waals surface area contributed by atoms with Crippen LogP contribution in [0.4, 0.5) is 0 Å². The van der Waals surface area contributed by atoms with Crippen LogP contribution >= 0.6 is 0 Å². The number of carbonyl (C=O) groups is 4. The van der Waals surface area contributed by atoms with Crippen LogP contribution < -0.4 is 10.6 Å². The molecule has 0 radical (unpaired) electrons. The molecule has 0 fully saturated rings. The van der Waals surface area contributed by atoms with E-state index in [2.05, 4.69) is 10.6 Å². The Morgan fingerprint density at radius 3 is 1.90 bits per heavy atom. The number of amides is 2. The number of benzene rings is 2. The Balaban J connectivity index is 0.00000121. The van der Waals surface area contributed by atoms with Crippen LogP contribution in [-0.4, -0.2) is 48.4 Å². The van der Waals surface area contributed by atoms with Crippen LogP contribution in [0.2, 0.25) is 0 Å². The predicted octanol–water partition coefficient (Wildman–Crippen LogP) is 4.16. The first kappa shape index (κ1) is 35.2. The van der Waals surface area contributed by atoms with Crippen molar-refractivity contribution in [2.24, 2.45) is 5.92 Å². The van der Waals surface area contributed by atoms with Crippen molar-refractivity contribution in [3.8, 4) is 0 Å². The van der Waals surface area contributed by atoms with E-state index < -0.39 is 29.9 Å². The number of aldehydes is 1. The van der Waals surface area contributed by atoms with Gasteiger partial charge in [-0.1, -0.05) is 101 Å².